The molecule has 5 rings (SSSR count). The van der Waals surface area contributed by atoms with Gasteiger partial charge in [-0.05, 0) is 19.9 Å². The number of hydrogen-bond donors (Lipinski definition) is 2. The highest BCUT2D eigenvalue weighted by molar-refractivity contribution is 5.97. The molecule has 1 unspecified atom stereocenters. The molecule has 5 aromatic rings. The number of aromatic nitrogens is 6. The molecule has 12 heteroatoms. The van der Waals surface area contributed by atoms with Crippen molar-refractivity contribution in [1.29, 1.82) is 0 Å². The Morgan fingerprint density at radius 3 is 2.76 bits per heavy atom. The molecule has 0 aliphatic rings. The number of aryl methyl sites for hydroxylation is 1. The predicted octanol–water partition coefficient (Wildman–Crippen LogP) is 1.92. The quantitative estimate of drug-likeness (QED) is 0.376. The second kappa shape index (κ2) is 8.31. The number of amides is 1. The molecule has 2 N–H and O–H groups in total. The third kappa shape index (κ3) is 3.87. The van der Waals surface area contributed by atoms with Crippen LogP contribution >= 0.6 is 0 Å². The van der Waals surface area contributed by atoms with Crippen molar-refractivity contribution in [1.82, 2.24) is 35.4 Å². The van der Waals surface area contributed by atoms with Gasteiger partial charge in [0.1, 0.15) is 18.1 Å². The lowest BCUT2D eigenvalue weighted by Gasteiger charge is -2.08. The number of hydrogen-bond acceptors (Lipinski definition) is 10. The average Bonchev–Trinajstić information content (AvgIpc) is 3.56. The van der Waals surface area contributed by atoms with Crippen molar-refractivity contribution in [2.24, 2.45) is 0 Å². The van der Waals surface area contributed by atoms with Crippen LogP contribution in [-0.4, -0.2) is 53.8 Å². The Labute approximate surface area is 186 Å². The van der Waals surface area contributed by atoms with Crippen LogP contribution in [0.15, 0.2) is 45.4 Å². The Hall–Kier alpha value is -4.32. The van der Waals surface area contributed by atoms with Gasteiger partial charge in [0.05, 0.1) is 6.61 Å². The van der Waals surface area contributed by atoms with Gasteiger partial charge >= 0.3 is 0 Å². The maximum atomic E-state index is 12.1. The van der Waals surface area contributed by atoms with Crippen molar-refractivity contribution in [2.75, 3.05) is 6.61 Å². The second-order valence-electron chi connectivity index (χ2n) is 7.46. The molecule has 0 saturated carbocycles. The van der Waals surface area contributed by atoms with E-state index in [9.17, 15) is 4.79 Å². The van der Waals surface area contributed by atoms with Crippen LogP contribution in [-0.2, 0) is 6.61 Å². The first-order valence-corrected chi connectivity index (χ1v) is 10.1. The van der Waals surface area contributed by atoms with Gasteiger partial charge in [0.2, 0.25) is 17.5 Å². The Kier molecular flexibility index (Phi) is 5.18. The number of carbonyl (C=O) groups excluding carboxylic acids is 1. The number of benzene rings is 1. The Balaban J connectivity index is 1.46. The first kappa shape index (κ1) is 20.6. The van der Waals surface area contributed by atoms with Crippen molar-refractivity contribution < 1.29 is 23.7 Å². The van der Waals surface area contributed by atoms with Gasteiger partial charge in [0, 0.05) is 28.9 Å². The summed E-state index contributed by atoms with van der Waals surface area (Å²) in [4.78, 5) is 12.1. The van der Waals surface area contributed by atoms with E-state index in [1.165, 1.54) is 6.07 Å². The third-order valence-corrected chi connectivity index (χ3v) is 4.88. The van der Waals surface area contributed by atoms with Crippen LogP contribution in [0.5, 0.6) is 5.88 Å². The van der Waals surface area contributed by atoms with E-state index in [0.717, 1.165) is 10.8 Å². The van der Waals surface area contributed by atoms with Crippen LogP contribution < -0.4 is 10.1 Å². The molecule has 0 fully saturated rings. The van der Waals surface area contributed by atoms with E-state index in [0.29, 0.717) is 34.5 Å². The molecule has 0 bridgehead atoms. The van der Waals surface area contributed by atoms with Gasteiger partial charge in [-0.3, -0.25) is 4.79 Å². The fraction of sp³-hybridized carbons (Fsp3) is 0.238. The molecule has 12 nitrogen and oxygen atoms in total. The summed E-state index contributed by atoms with van der Waals surface area (Å²) >= 11 is 0. The summed E-state index contributed by atoms with van der Waals surface area (Å²) < 4.78 is 17.8. The normalized spacial score (nSPS) is 12.3. The number of rotatable bonds is 7. The van der Waals surface area contributed by atoms with Crippen molar-refractivity contribution >= 4 is 22.3 Å². The maximum Gasteiger partial charge on any atom is 0.290 e. The molecule has 1 aromatic carbocycles. The highest BCUT2D eigenvalue weighted by atomic mass is 16.5. The standard InChI is InChI=1S/C21H19N7O5/c1-11(9-29)22-20(30)17-8-13(26-33-17)10-31-21-15-6-4-3-5-14(15)18-23-24-19(28(18)25-21)16-7-12(2)32-27-16/h3-8,11,29H,9-10H2,1-2H3,(H,22,30). The van der Waals surface area contributed by atoms with Crippen molar-refractivity contribution in [3.63, 3.8) is 0 Å². The van der Waals surface area contributed by atoms with Gasteiger partial charge < -0.3 is 24.2 Å². The van der Waals surface area contributed by atoms with E-state index in [4.69, 9.17) is 18.9 Å². The van der Waals surface area contributed by atoms with Gasteiger partial charge in [0.15, 0.2) is 11.3 Å². The maximum absolute atomic E-state index is 12.1. The largest absolute Gasteiger partial charge is 0.470 e. The van der Waals surface area contributed by atoms with E-state index in [1.54, 1.807) is 24.4 Å². The van der Waals surface area contributed by atoms with E-state index in [1.807, 2.05) is 24.3 Å². The molecule has 0 aliphatic carbocycles. The molecule has 4 aromatic heterocycles. The first-order valence-electron chi connectivity index (χ1n) is 10.1. The number of carbonyl (C=O) groups is 1. The van der Waals surface area contributed by atoms with Gasteiger partial charge in [-0.2, -0.15) is 4.52 Å². The molecule has 0 radical (unpaired) electrons. The fourth-order valence-corrected chi connectivity index (χ4v) is 3.26. The zero-order chi connectivity index (χ0) is 22.9. The summed E-state index contributed by atoms with van der Waals surface area (Å²) in [5.74, 6) is 0.915. The zero-order valence-electron chi connectivity index (χ0n) is 17.7. The molecule has 33 heavy (non-hydrogen) atoms. The van der Waals surface area contributed by atoms with Gasteiger partial charge in [-0.1, -0.05) is 28.5 Å². The van der Waals surface area contributed by atoms with Crippen LogP contribution in [0.25, 0.3) is 27.9 Å². The smallest absolute Gasteiger partial charge is 0.290 e. The van der Waals surface area contributed by atoms with Crippen molar-refractivity contribution in [3.8, 4) is 17.4 Å². The lowest BCUT2D eigenvalue weighted by Crippen LogP contribution is -2.34. The number of nitrogens with one attached hydrogen (secondary N) is 1. The number of nitrogens with zero attached hydrogens (tertiary/aromatic N) is 6. The third-order valence-electron chi connectivity index (χ3n) is 4.88. The molecule has 1 atom stereocenters. The van der Waals surface area contributed by atoms with E-state index >= 15 is 0 Å². The number of ether oxygens (including phenoxy) is 1. The van der Waals surface area contributed by atoms with Gasteiger partial charge in [0.25, 0.3) is 5.91 Å². The minimum absolute atomic E-state index is 0.00929. The molecular formula is C21H19N7O5. The highest BCUT2D eigenvalue weighted by Crippen LogP contribution is 2.29. The summed E-state index contributed by atoms with van der Waals surface area (Å²) in [5, 5.41) is 34.2. The summed E-state index contributed by atoms with van der Waals surface area (Å²) in [6.45, 7) is 3.28. The van der Waals surface area contributed by atoms with Crippen LogP contribution in [0.4, 0.5) is 0 Å². The molecule has 0 saturated heterocycles. The average molecular weight is 449 g/mol. The summed E-state index contributed by atoms with van der Waals surface area (Å²) in [6.07, 6.45) is 0. The SMILES string of the molecule is Cc1cc(-c2nnc3c4ccccc4c(OCc4cc(C(=O)NC(C)CO)on4)nn23)no1. The second-order valence-corrected chi connectivity index (χ2v) is 7.46. The molecule has 1 amide bonds. The Morgan fingerprint density at radius 2 is 2.00 bits per heavy atom. The van der Waals surface area contributed by atoms with Crippen molar-refractivity contribution in [3.05, 3.63) is 53.6 Å². The fourth-order valence-electron chi connectivity index (χ4n) is 3.26. The van der Waals surface area contributed by atoms with Crippen molar-refractivity contribution in [2.45, 2.75) is 26.5 Å². The topological polar surface area (TPSA) is 154 Å². The number of fused-ring (bicyclic) bond motifs is 3. The number of aliphatic hydroxyl groups is 1. The van der Waals surface area contributed by atoms with Crippen LogP contribution in [0.1, 0.15) is 28.9 Å². The van der Waals surface area contributed by atoms with E-state index in [-0.39, 0.29) is 19.0 Å². The summed E-state index contributed by atoms with van der Waals surface area (Å²) in [5.41, 5.74) is 1.45. The minimum Gasteiger partial charge on any atom is -0.470 e. The summed E-state index contributed by atoms with van der Waals surface area (Å²) in [6, 6.07) is 10.3. The Bertz CT molecular complexity index is 1450. The lowest BCUT2D eigenvalue weighted by atomic mass is 10.2. The van der Waals surface area contributed by atoms with Crippen LogP contribution in [0.2, 0.25) is 0 Å². The van der Waals surface area contributed by atoms with E-state index < -0.39 is 11.9 Å². The van der Waals surface area contributed by atoms with Crippen LogP contribution in [0.3, 0.4) is 0 Å². The number of aliphatic hydroxyl groups excluding tert-OH is 1. The first-order chi connectivity index (χ1) is 16.0. The van der Waals surface area contributed by atoms with E-state index in [2.05, 4.69) is 30.9 Å². The molecular weight excluding hydrogens is 430 g/mol. The van der Waals surface area contributed by atoms with Gasteiger partial charge in [-0.25, -0.2) is 0 Å². The van der Waals surface area contributed by atoms with Crippen LogP contribution in [0, 0.1) is 6.92 Å². The Morgan fingerprint density at radius 1 is 1.18 bits per heavy atom. The van der Waals surface area contributed by atoms with Gasteiger partial charge in [-0.15, -0.1) is 15.3 Å². The highest BCUT2D eigenvalue weighted by Gasteiger charge is 2.19. The monoisotopic (exact) mass is 449 g/mol. The molecule has 168 valence electrons. The molecule has 0 spiro atoms. The molecule has 4 heterocycles. The predicted molar refractivity (Wildman–Crippen MR) is 113 cm³/mol. The lowest BCUT2D eigenvalue weighted by molar-refractivity contribution is 0.0884. The molecule has 0 aliphatic heterocycles. The summed E-state index contributed by atoms with van der Waals surface area (Å²) in [7, 11) is 0. The minimum atomic E-state index is -0.475. The zero-order valence-corrected chi connectivity index (χ0v) is 17.7.